The molecule has 0 bridgehead atoms. The van der Waals surface area contributed by atoms with Crippen LogP contribution in [0.4, 0.5) is 0 Å². The molecule has 3 atom stereocenters. The monoisotopic (exact) mass is 332 g/mol. The van der Waals surface area contributed by atoms with Gasteiger partial charge in [0.1, 0.15) is 0 Å². The molecule has 2 aliphatic heterocycles. The second-order valence-corrected chi connectivity index (χ2v) is 7.01. The van der Waals surface area contributed by atoms with Crippen molar-refractivity contribution in [3.8, 4) is 0 Å². The SMILES string of the molecule is CN(Cc1ccccc1)C(=O)CN1CCC[C@@H]1[C@H]1COCC[C@H]1O. The smallest absolute Gasteiger partial charge is 0.236 e. The molecule has 1 N–H and O–H groups in total. The van der Waals surface area contributed by atoms with Gasteiger partial charge in [-0.15, -0.1) is 0 Å². The zero-order valence-corrected chi connectivity index (χ0v) is 14.4. The fourth-order valence-electron chi connectivity index (χ4n) is 3.89. The molecule has 5 heteroatoms. The minimum atomic E-state index is -0.304. The fourth-order valence-corrected chi connectivity index (χ4v) is 3.89. The van der Waals surface area contributed by atoms with E-state index in [2.05, 4.69) is 4.90 Å². The van der Waals surface area contributed by atoms with E-state index >= 15 is 0 Å². The summed E-state index contributed by atoms with van der Waals surface area (Å²) < 4.78 is 5.56. The number of ether oxygens (including phenoxy) is 1. The first-order valence-corrected chi connectivity index (χ1v) is 8.93. The van der Waals surface area contributed by atoms with Crippen molar-refractivity contribution in [1.82, 2.24) is 9.80 Å². The van der Waals surface area contributed by atoms with Crippen molar-refractivity contribution in [2.24, 2.45) is 5.92 Å². The number of hydrogen-bond acceptors (Lipinski definition) is 4. The van der Waals surface area contributed by atoms with Crippen LogP contribution >= 0.6 is 0 Å². The molecule has 0 radical (unpaired) electrons. The Hall–Kier alpha value is -1.43. The van der Waals surface area contributed by atoms with E-state index in [1.165, 1.54) is 0 Å². The Balaban J connectivity index is 1.56. The van der Waals surface area contributed by atoms with Crippen LogP contribution in [0.15, 0.2) is 30.3 Å². The molecule has 1 aromatic carbocycles. The predicted octanol–water partition coefficient (Wildman–Crippen LogP) is 1.51. The lowest BCUT2D eigenvalue weighted by Crippen LogP contribution is -2.48. The molecule has 5 nitrogen and oxygen atoms in total. The third-order valence-corrected chi connectivity index (χ3v) is 5.30. The Morgan fingerprint density at radius 1 is 1.33 bits per heavy atom. The van der Waals surface area contributed by atoms with Crippen molar-refractivity contribution in [2.45, 2.75) is 38.0 Å². The summed E-state index contributed by atoms with van der Waals surface area (Å²) in [7, 11) is 1.86. The summed E-state index contributed by atoms with van der Waals surface area (Å²) in [6, 6.07) is 10.3. The third-order valence-electron chi connectivity index (χ3n) is 5.30. The van der Waals surface area contributed by atoms with Gasteiger partial charge >= 0.3 is 0 Å². The normalized spacial score (nSPS) is 28.0. The lowest BCUT2D eigenvalue weighted by atomic mass is 9.89. The standard InChI is InChI=1S/C19H28N2O3/c1-20(12-15-6-3-2-4-7-15)19(23)13-21-10-5-8-17(21)16-14-24-11-9-18(16)22/h2-4,6-7,16-18,22H,5,8-14H2,1H3/t16-,17-,18-/m1/s1. The van der Waals surface area contributed by atoms with E-state index < -0.39 is 0 Å². The van der Waals surface area contributed by atoms with Gasteiger partial charge in [0.05, 0.1) is 19.3 Å². The van der Waals surface area contributed by atoms with Gasteiger partial charge in [-0.25, -0.2) is 0 Å². The Kier molecular flexibility index (Phi) is 5.87. The molecule has 0 aromatic heterocycles. The van der Waals surface area contributed by atoms with E-state index in [0.717, 1.165) is 24.9 Å². The van der Waals surface area contributed by atoms with Crippen LogP contribution in [0, 0.1) is 5.92 Å². The lowest BCUT2D eigenvalue weighted by molar-refractivity contribution is -0.133. The maximum Gasteiger partial charge on any atom is 0.236 e. The highest BCUT2D eigenvalue weighted by atomic mass is 16.5. The molecule has 0 spiro atoms. The molecule has 2 aliphatic rings. The second-order valence-electron chi connectivity index (χ2n) is 7.01. The number of aliphatic hydroxyl groups excluding tert-OH is 1. The fraction of sp³-hybridized carbons (Fsp3) is 0.632. The first-order valence-electron chi connectivity index (χ1n) is 8.93. The number of carbonyl (C=O) groups is 1. The van der Waals surface area contributed by atoms with Crippen LogP contribution in [0.25, 0.3) is 0 Å². The minimum absolute atomic E-state index is 0.133. The van der Waals surface area contributed by atoms with Crippen molar-refractivity contribution in [1.29, 1.82) is 0 Å². The molecule has 3 rings (SSSR count). The number of likely N-dealkylation sites (N-methyl/N-ethyl adjacent to an activating group) is 1. The number of carbonyl (C=O) groups excluding carboxylic acids is 1. The molecule has 132 valence electrons. The predicted molar refractivity (Wildman–Crippen MR) is 92.4 cm³/mol. The number of rotatable bonds is 5. The van der Waals surface area contributed by atoms with Crippen molar-refractivity contribution in [3.05, 3.63) is 35.9 Å². The Bertz CT molecular complexity index is 537. The maximum absolute atomic E-state index is 12.6. The van der Waals surface area contributed by atoms with Crippen molar-refractivity contribution in [3.63, 3.8) is 0 Å². The summed E-state index contributed by atoms with van der Waals surface area (Å²) in [5, 5.41) is 10.3. The van der Waals surface area contributed by atoms with Crippen molar-refractivity contribution >= 4 is 5.91 Å². The van der Waals surface area contributed by atoms with Gasteiger partial charge < -0.3 is 14.7 Å². The Morgan fingerprint density at radius 3 is 2.88 bits per heavy atom. The first kappa shape index (κ1) is 17.4. The van der Waals surface area contributed by atoms with Crippen LogP contribution in [0.2, 0.25) is 0 Å². The van der Waals surface area contributed by atoms with Crippen molar-refractivity contribution < 1.29 is 14.6 Å². The molecule has 0 aliphatic carbocycles. The minimum Gasteiger partial charge on any atom is -0.393 e. The molecule has 0 unspecified atom stereocenters. The topological polar surface area (TPSA) is 53.0 Å². The summed E-state index contributed by atoms with van der Waals surface area (Å²) in [4.78, 5) is 16.6. The summed E-state index contributed by atoms with van der Waals surface area (Å²) in [5.41, 5.74) is 1.14. The van der Waals surface area contributed by atoms with E-state index in [1.54, 1.807) is 4.90 Å². The summed E-state index contributed by atoms with van der Waals surface area (Å²) >= 11 is 0. The molecule has 2 saturated heterocycles. The van der Waals surface area contributed by atoms with E-state index in [0.29, 0.717) is 32.7 Å². The molecule has 1 amide bonds. The number of aliphatic hydroxyl groups is 1. The van der Waals surface area contributed by atoms with Gasteiger partial charge in [-0.3, -0.25) is 9.69 Å². The molecular weight excluding hydrogens is 304 g/mol. The van der Waals surface area contributed by atoms with Gasteiger partial charge in [-0.2, -0.15) is 0 Å². The molecule has 0 saturated carbocycles. The summed E-state index contributed by atoms with van der Waals surface area (Å²) in [6.07, 6.45) is 2.53. The molecule has 2 heterocycles. The highest BCUT2D eigenvalue weighted by Crippen LogP contribution is 2.29. The highest BCUT2D eigenvalue weighted by molar-refractivity contribution is 5.78. The molecule has 2 fully saturated rings. The van der Waals surface area contributed by atoms with Crippen LogP contribution in [-0.4, -0.2) is 66.3 Å². The van der Waals surface area contributed by atoms with Crippen molar-refractivity contribution in [2.75, 3.05) is 33.4 Å². The highest BCUT2D eigenvalue weighted by Gasteiger charge is 2.38. The lowest BCUT2D eigenvalue weighted by Gasteiger charge is -2.37. The molecular formula is C19H28N2O3. The van der Waals surface area contributed by atoms with Crippen LogP contribution in [0.1, 0.15) is 24.8 Å². The van der Waals surface area contributed by atoms with Crippen LogP contribution in [0.3, 0.4) is 0 Å². The van der Waals surface area contributed by atoms with Gasteiger partial charge in [-0.1, -0.05) is 30.3 Å². The molecule has 1 aromatic rings. The van der Waals surface area contributed by atoms with Crippen LogP contribution in [0.5, 0.6) is 0 Å². The summed E-state index contributed by atoms with van der Waals surface area (Å²) in [5.74, 6) is 0.269. The number of hydrogen-bond donors (Lipinski definition) is 1. The van der Waals surface area contributed by atoms with E-state index in [4.69, 9.17) is 4.74 Å². The number of amides is 1. The zero-order chi connectivity index (χ0) is 16.9. The van der Waals surface area contributed by atoms with Gasteiger partial charge in [-0.05, 0) is 31.4 Å². The Morgan fingerprint density at radius 2 is 2.12 bits per heavy atom. The van der Waals surface area contributed by atoms with E-state index in [1.807, 2.05) is 37.4 Å². The first-order chi connectivity index (χ1) is 11.6. The van der Waals surface area contributed by atoms with Gasteiger partial charge in [0.2, 0.25) is 5.91 Å². The van der Waals surface area contributed by atoms with Crippen LogP contribution < -0.4 is 0 Å². The van der Waals surface area contributed by atoms with Gasteiger partial charge in [0.15, 0.2) is 0 Å². The van der Waals surface area contributed by atoms with E-state index in [9.17, 15) is 9.90 Å². The third kappa shape index (κ3) is 4.15. The van der Waals surface area contributed by atoms with Crippen LogP contribution in [-0.2, 0) is 16.1 Å². The quantitative estimate of drug-likeness (QED) is 0.888. The second kappa shape index (κ2) is 8.10. The Labute approximate surface area is 144 Å². The average Bonchev–Trinajstić information content (AvgIpc) is 3.04. The van der Waals surface area contributed by atoms with Gasteiger partial charge in [0, 0.05) is 32.2 Å². The summed E-state index contributed by atoms with van der Waals surface area (Å²) in [6.45, 7) is 3.24. The van der Waals surface area contributed by atoms with Gasteiger partial charge in [0.25, 0.3) is 0 Å². The van der Waals surface area contributed by atoms with E-state index in [-0.39, 0.29) is 24.0 Å². The number of nitrogens with zero attached hydrogens (tertiary/aromatic N) is 2. The maximum atomic E-state index is 12.6. The largest absolute Gasteiger partial charge is 0.393 e. The average molecular weight is 332 g/mol. The number of benzene rings is 1. The number of likely N-dealkylation sites (tertiary alicyclic amines) is 1. The zero-order valence-electron chi connectivity index (χ0n) is 14.4. The molecule has 24 heavy (non-hydrogen) atoms.